The van der Waals surface area contributed by atoms with Crippen molar-refractivity contribution in [3.8, 4) is 33.4 Å². The molecule has 0 radical (unpaired) electrons. The third-order valence-electron chi connectivity index (χ3n) is 14.6. The van der Waals surface area contributed by atoms with Crippen molar-refractivity contribution < 1.29 is 0 Å². The molecule has 2 aliphatic carbocycles. The molecule has 0 nitrogen and oxygen atoms in total. The van der Waals surface area contributed by atoms with Crippen LogP contribution in [-0.2, 0) is 22.7 Å². The summed E-state index contributed by atoms with van der Waals surface area (Å²) in [5.41, 5.74) is 22.2. The first-order valence-corrected chi connectivity index (χ1v) is 22.5. The summed E-state index contributed by atoms with van der Waals surface area (Å²) in [4.78, 5) is 0. The molecule has 4 atom stereocenters. The molecule has 60 heavy (non-hydrogen) atoms. The van der Waals surface area contributed by atoms with E-state index < -0.39 is 5.41 Å². The smallest absolute Gasteiger partial charge is 0.0713 e. The van der Waals surface area contributed by atoms with Crippen molar-refractivity contribution >= 4 is 11.8 Å². The predicted octanol–water partition coefficient (Wildman–Crippen LogP) is 15.0. The molecule has 2 aliphatic heterocycles. The van der Waals surface area contributed by atoms with Gasteiger partial charge in [0.15, 0.2) is 0 Å². The number of hydrogen-bond donors (Lipinski definition) is 0. The lowest BCUT2D eigenvalue weighted by Gasteiger charge is -2.36. The molecule has 0 spiro atoms. The number of fused-ring (bicyclic) bond motifs is 11. The molecule has 2 bridgehead atoms. The lowest BCUT2D eigenvalue weighted by molar-refractivity contribution is 0.564. The Morgan fingerprint density at radius 3 is 1.85 bits per heavy atom. The second kappa shape index (κ2) is 13.2. The molecule has 288 valence electrons. The van der Waals surface area contributed by atoms with E-state index in [-0.39, 0.29) is 10.8 Å². The largest absolute Gasteiger partial charge is 0.137 e. The Morgan fingerprint density at radius 2 is 1.07 bits per heavy atom. The normalized spacial score (nSPS) is 20.5. The maximum atomic E-state index is 2.59. The van der Waals surface area contributed by atoms with Crippen LogP contribution >= 0.6 is 11.8 Å². The van der Waals surface area contributed by atoms with E-state index in [1.165, 1.54) is 94.6 Å². The fourth-order valence-electron chi connectivity index (χ4n) is 11.7. The second-order valence-electron chi connectivity index (χ2n) is 18.1. The minimum Gasteiger partial charge on any atom is -0.137 e. The fourth-order valence-corrected chi connectivity index (χ4v) is 13.1. The van der Waals surface area contributed by atoms with Gasteiger partial charge in [0.05, 0.1) is 5.41 Å². The first kappa shape index (κ1) is 35.8. The van der Waals surface area contributed by atoms with E-state index in [4.69, 9.17) is 0 Å². The summed E-state index contributed by atoms with van der Waals surface area (Å²) in [7, 11) is 0. The summed E-state index contributed by atoms with van der Waals surface area (Å²) in [5, 5.41) is 0.896. The number of benzene rings is 8. The van der Waals surface area contributed by atoms with Gasteiger partial charge in [-0.25, -0.2) is 0 Å². The monoisotopic (exact) mass is 786 g/mol. The van der Waals surface area contributed by atoms with Crippen LogP contribution in [0, 0.1) is 0 Å². The van der Waals surface area contributed by atoms with Crippen LogP contribution in [0.1, 0.15) is 92.5 Å². The maximum Gasteiger partial charge on any atom is 0.0713 e. The van der Waals surface area contributed by atoms with Crippen molar-refractivity contribution in [3.05, 3.63) is 261 Å². The molecule has 2 heterocycles. The van der Waals surface area contributed by atoms with E-state index in [1.807, 2.05) is 0 Å². The molecule has 0 aromatic heterocycles. The van der Waals surface area contributed by atoms with Crippen molar-refractivity contribution in [2.45, 2.75) is 53.9 Å². The Bertz CT molecular complexity index is 3040. The highest BCUT2D eigenvalue weighted by molar-refractivity contribution is 8.00. The number of hydrogen-bond acceptors (Lipinski definition) is 1. The highest BCUT2D eigenvalue weighted by atomic mass is 32.2. The van der Waals surface area contributed by atoms with Gasteiger partial charge in [-0.1, -0.05) is 221 Å². The van der Waals surface area contributed by atoms with E-state index in [0.29, 0.717) is 10.5 Å². The summed E-state index contributed by atoms with van der Waals surface area (Å²) in [6, 6.07) is 71.9. The molecule has 0 fully saturated rings. The van der Waals surface area contributed by atoms with Gasteiger partial charge in [-0.05, 0) is 101 Å². The highest BCUT2D eigenvalue weighted by Crippen LogP contribution is 2.61. The van der Waals surface area contributed by atoms with Crippen molar-refractivity contribution in [1.82, 2.24) is 0 Å². The van der Waals surface area contributed by atoms with Crippen LogP contribution in [0.4, 0.5) is 0 Å². The minimum atomic E-state index is -0.462. The zero-order chi connectivity index (χ0) is 40.2. The van der Waals surface area contributed by atoms with Crippen LogP contribution in [0.3, 0.4) is 0 Å². The number of rotatable bonds is 7. The topological polar surface area (TPSA) is 0 Å². The quantitative estimate of drug-likeness (QED) is 0.145. The lowest BCUT2D eigenvalue weighted by atomic mass is 9.66. The molecule has 4 unspecified atom stereocenters. The second-order valence-corrected chi connectivity index (χ2v) is 19.4. The van der Waals surface area contributed by atoms with Gasteiger partial charge < -0.3 is 0 Å². The predicted molar refractivity (Wildman–Crippen MR) is 252 cm³/mol. The van der Waals surface area contributed by atoms with Crippen LogP contribution in [0.15, 0.2) is 200 Å². The van der Waals surface area contributed by atoms with Crippen molar-refractivity contribution in [3.63, 3.8) is 0 Å². The Labute approximate surface area is 358 Å². The van der Waals surface area contributed by atoms with Gasteiger partial charge in [0.2, 0.25) is 0 Å². The van der Waals surface area contributed by atoms with Crippen LogP contribution in [0.5, 0.6) is 0 Å². The standard InChI is InChI=1S/C59H46S/c1-57(2)50-23-13-11-21-44(50)46-30-27-41(36-53(46)57)58(3,51-24-14-10-20-43(51)39-16-6-4-7-17-39)37-38-26-29-47-45-22-12-15-25-52(45)59(54(47)34-38,40-18-8-5-9-19-40)42-28-31-48-49(35-42)56-33-32-55(48)60-56/h4-36,55-56H,37H2,1-3H3. The Hall–Kier alpha value is -6.15. The molecule has 0 N–H and O–H groups in total. The molecule has 8 aromatic rings. The van der Waals surface area contributed by atoms with Crippen LogP contribution in [0.2, 0.25) is 0 Å². The van der Waals surface area contributed by atoms with E-state index in [0.717, 1.165) is 6.42 Å². The number of thioether (sulfide) groups is 1. The summed E-state index contributed by atoms with van der Waals surface area (Å²) in [5.74, 6) is 0. The first-order chi connectivity index (χ1) is 29.4. The maximum absolute atomic E-state index is 2.59. The molecular weight excluding hydrogens is 741 g/mol. The van der Waals surface area contributed by atoms with Crippen molar-refractivity contribution in [2.75, 3.05) is 0 Å². The fraction of sp³-hybridized carbons (Fsp3) is 0.153. The van der Waals surface area contributed by atoms with Gasteiger partial charge in [0.25, 0.3) is 0 Å². The summed E-state index contributed by atoms with van der Waals surface area (Å²) >= 11 is 2.07. The zero-order valence-corrected chi connectivity index (χ0v) is 35.1. The van der Waals surface area contributed by atoms with Gasteiger partial charge in [0.1, 0.15) is 0 Å². The zero-order valence-electron chi connectivity index (χ0n) is 34.3. The van der Waals surface area contributed by atoms with Crippen LogP contribution in [-0.4, -0.2) is 0 Å². The Kier molecular flexibility index (Phi) is 7.85. The molecule has 8 aromatic carbocycles. The summed E-state index contributed by atoms with van der Waals surface area (Å²) < 4.78 is 0. The van der Waals surface area contributed by atoms with Crippen molar-refractivity contribution in [1.29, 1.82) is 0 Å². The van der Waals surface area contributed by atoms with Gasteiger partial charge in [-0.2, -0.15) is 0 Å². The van der Waals surface area contributed by atoms with E-state index >= 15 is 0 Å². The molecule has 4 aliphatic rings. The Morgan fingerprint density at radius 1 is 0.467 bits per heavy atom. The average Bonchev–Trinajstić information content (AvgIpc) is 4.05. The highest BCUT2D eigenvalue weighted by Gasteiger charge is 2.48. The summed E-state index contributed by atoms with van der Waals surface area (Å²) in [6.07, 6.45) is 5.65. The van der Waals surface area contributed by atoms with E-state index in [1.54, 1.807) is 0 Å². The van der Waals surface area contributed by atoms with Gasteiger partial charge in [0, 0.05) is 21.3 Å². The average molecular weight is 787 g/mol. The van der Waals surface area contributed by atoms with E-state index in [2.05, 4.69) is 233 Å². The molecule has 1 heteroatoms. The minimum absolute atomic E-state index is 0.0971. The molecule has 12 rings (SSSR count). The molecular formula is C59H46S. The van der Waals surface area contributed by atoms with Crippen LogP contribution < -0.4 is 0 Å². The molecule has 0 amide bonds. The van der Waals surface area contributed by atoms with Gasteiger partial charge >= 0.3 is 0 Å². The first-order valence-electron chi connectivity index (χ1n) is 21.5. The molecule has 0 saturated carbocycles. The van der Waals surface area contributed by atoms with Gasteiger partial charge in [-0.15, -0.1) is 11.8 Å². The SMILES string of the molecule is CC1(C)c2ccccc2-c2ccc(C(C)(Cc3ccc4c(c3)C(c3ccccc3)(c3ccc5c(c3)C3C=CC5S3)c3ccccc3-4)c3ccccc3-c3ccccc3)cc21. The third kappa shape index (κ3) is 4.99. The van der Waals surface area contributed by atoms with Crippen LogP contribution in [0.25, 0.3) is 33.4 Å². The third-order valence-corrected chi connectivity index (χ3v) is 16.0. The summed E-state index contributed by atoms with van der Waals surface area (Å²) in [6.45, 7) is 7.30. The Balaban J connectivity index is 1.08. The van der Waals surface area contributed by atoms with E-state index in [9.17, 15) is 0 Å². The molecule has 0 saturated heterocycles. The lowest BCUT2D eigenvalue weighted by Crippen LogP contribution is -2.30. The van der Waals surface area contributed by atoms with Gasteiger partial charge in [-0.3, -0.25) is 0 Å². The van der Waals surface area contributed by atoms with Crippen molar-refractivity contribution in [2.24, 2.45) is 0 Å².